The van der Waals surface area contributed by atoms with Crippen LogP contribution in [0.5, 0.6) is 0 Å². The van der Waals surface area contributed by atoms with Crippen LogP contribution in [-0.4, -0.2) is 29.1 Å². The molecule has 4 nitrogen and oxygen atoms in total. The average Bonchev–Trinajstić information content (AvgIpc) is 1.99. The van der Waals surface area contributed by atoms with Crippen molar-refractivity contribution in [3.8, 4) is 0 Å². The lowest BCUT2D eigenvalue weighted by Gasteiger charge is -2.14. The summed E-state index contributed by atoms with van der Waals surface area (Å²) in [4.78, 5) is 6.67. The summed E-state index contributed by atoms with van der Waals surface area (Å²) < 4.78 is 36.9. The summed E-state index contributed by atoms with van der Waals surface area (Å²) in [5.74, 6) is -0.00711. The van der Waals surface area contributed by atoms with E-state index in [1.165, 1.54) is 5.01 Å². The molecule has 0 aromatic carbocycles. The molecule has 1 heterocycles. The Morgan fingerprint density at radius 1 is 1.33 bits per heavy atom. The maximum atomic E-state index is 12.3. The van der Waals surface area contributed by atoms with E-state index in [9.17, 15) is 13.2 Å². The molecule has 1 rings (SSSR count). The van der Waals surface area contributed by atoms with Crippen molar-refractivity contribution in [3.63, 3.8) is 0 Å². The van der Waals surface area contributed by atoms with Crippen LogP contribution in [0.4, 0.5) is 19.0 Å². The van der Waals surface area contributed by atoms with Gasteiger partial charge in [0.15, 0.2) is 5.69 Å². The van der Waals surface area contributed by atoms with E-state index in [-0.39, 0.29) is 5.82 Å². The molecule has 0 bridgehead atoms. The van der Waals surface area contributed by atoms with Crippen LogP contribution in [0.2, 0.25) is 5.28 Å². The van der Waals surface area contributed by atoms with Crippen molar-refractivity contribution in [3.05, 3.63) is 17.0 Å². The third-order valence-electron chi connectivity index (χ3n) is 1.33. The van der Waals surface area contributed by atoms with Crippen molar-refractivity contribution < 1.29 is 13.2 Å². The fraction of sp³-hybridized carbons (Fsp3) is 0.429. The van der Waals surface area contributed by atoms with Crippen LogP contribution in [0.15, 0.2) is 6.07 Å². The second-order valence-electron chi connectivity index (χ2n) is 2.91. The highest BCUT2D eigenvalue weighted by molar-refractivity contribution is 6.28. The molecular weight excluding hydrogens is 233 g/mol. The first-order valence-corrected chi connectivity index (χ1v) is 4.22. The van der Waals surface area contributed by atoms with Gasteiger partial charge in [-0.1, -0.05) is 0 Å². The average molecular weight is 241 g/mol. The largest absolute Gasteiger partial charge is 0.433 e. The minimum absolute atomic E-state index is 0.00711. The SMILES string of the molecule is CN(C)Nc1cc(C(F)(F)F)nc(Cl)n1. The summed E-state index contributed by atoms with van der Waals surface area (Å²) in [6.07, 6.45) is -4.53. The molecule has 1 aromatic heterocycles. The lowest BCUT2D eigenvalue weighted by Crippen LogP contribution is -2.21. The quantitative estimate of drug-likeness (QED) is 0.634. The van der Waals surface area contributed by atoms with E-state index >= 15 is 0 Å². The van der Waals surface area contributed by atoms with Crippen molar-refractivity contribution >= 4 is 17.4 Å². The number of aromatic nitrogens is 2. The maximum absolute atomic E-state index is 12.3. The zero-order chi connectivity index (χ0) is 11.6. The molecule has 0 radical (unpaired) electrons. The monoisotopic (exact) mass is 240 g/mol. The molecule has 0 amide bonds. The Bertz CT molecular complexity index is 353. The third-order valence-corrected chi connectivity index (χ3v) is 1.50. The lowest BCUT2D eigenvalue weighted by atomic mass is 10.4. The zero-order valence-electron chi connectivity index (χ0n) is 7.93. The molecular formula is C7H8ClF3N4. The van der Waals surface area contributed by atoms with E-state index in [4.69, 9.17) is 11.6 Å². The van der Waals surface area contributed by atoms with E-state index in [1.807, 2.05) is 0 Å². The van der Waals surface area contributed by atoms with Crippen LogP contribution in [0.25, 0.3) is 0 Å². The molecule has 84 valence electrons. The number of nitrogens with zero attached hydrogens (tertiary/aromatic N) is 3. The number of alkyl halides is 3. The van der Waals surface area contributed by atoms with Gasteiger partial charge in [0.05, 0.1) is 0 Å². The Kier molecular flexibility index (Phi) is 3.35. The molecule has 0 aliphatic heterocycles. The van der Waals surface area contributed by atoms with Gasteiger partial charge in [0.25, 0.3) is 0 Å². The Morgan fingerprint density at radius 2 is 1.93 bits per heavy atom. The molecule has 0 atom stereocenters. The highest BCUT2D eigenvalue weighted by atomic mass is 35.5. The number of anilines is 1. The molecule has 15 heavy (non-hydrogen) atoms. The van der Waals surface area contributed by atoms with Gasteiger partial charge >= 0.3 is 6.18 Å². The highest BCUT2D eigenvalue weighted by Gasteiger charge is 2.33. The molecule has 1 N–H and O–H groups in total. The summed E-state index contributed by atoms with van der Waals surface area (Å²) in [7, 11) is 3.23. The summed E-state index contributed by atoms with van der Waals surface area (Å²) in [5, 5.41) is 0.993. The van der Waals surface area contributed by atoms with Crippen LogP contribution in [0.3, 0.4) is 0 Å². The molecule has 0 aliphatic carbocycles. The van der Waals surface area contributed by atoms with Gasteiger partial charge in [-0.05, 0) is 11.6 Å². The Hall–Kier alpha value is -1.08. The number of hydrogen-bond acceptors (Lipinski definition) is 4. The van der Waals surface area contributed by atoms with Crippen LogP contribution < -0.4 is 5.43 Å². The van der Waals surface area contributed by atoms with Gasteiger partial charge < -0.3 is 5.43 Å². The van der Waals surface area contributed by atoms with Gasteiger partial charge in [0, 0.05) is 20.2 Å². The summed E-state index contributed by atoms with van der Waals surface area (Å²) in [6.45, 7) is 0. The molecule has 0 unspecified atom stereocenters. The van der Waals surface area contributed by atoms with Crippen molar-refractivity contribution in [2.75, 3.05) is 19.5 Å². The van der Waals surface area contributed by atoms with E-state index < -0.39 is 17.2 Å². The van der Waals surface area contributed by atoms with E-state index in [1.54, 1.807) is 14.1 Å². The Morgan fingerprint density at radius 3 is 2.40 bits per heavy atom. The first-order valence-electron chi connectivity index (χ1n) is 3.85. The molecule has 8 heteroatoms. The standard InChI is InChI=1S/C7H8ClF3N4/c1-15(2)14-5-3-4(7(9,10)11)12-6(8)13-5/h3H,1-2H3,(H,12,13,14). The normalized spacial score (nSPS) is 11.9. The number of hydrogen-bond donors (Lipinski definition) is 1. The summed E-state index contributed by atoms with van der Waals surface area (Å²) in [6, 6.07) is 0.784. The molecule has 0 aliphatic rings. The van der Waals surface area contributed by atoms with Crippen molar-refractivity contribution in [1.29, 1.82) is 0 Å². The first-order chi connectivity index (χ1) is 6.79. The zero-order valence-corrected chi connectivity index (χ0v) is 8.69. The highest BCUT2D eigenvalue weighted by Crippen LogP contribution is 2.29. The molecule has 0 saturated heterocycles. The van der Waals surface area contributed by atoms with Gasteiger partial charge in [-0.3, -0.25) is 0 Å². The van der Waals surface area contributed by atoms with Crippen LogP contribution in [0.1, 0.15) is 5.69 Å². The second-order valence-corrected chi connectivity index (χ2v) is 3.25. The molecule has 0 fully saturated rings. The predicted octanol–water partition coefficient (Wildman–Crippen LogP) is 2.04. The van der Waals surface area contributed by atoms with Crippen molar-refractivity contribution in [2.24, 2.45) is 0 Å². The van der Waals surface area contributed by atoms with Crippen molar-refractivity contribution in [2.45, 2.75) is 6.18 Å². The predicted molar refractivity (Wildman–Crippen MR) is 49.4 cm³/mol. The summed E-state index contributed by atoms with van der Waals surface area (Å²) in [5.41, 5.74) is 1.48. The van der Waals surface area contributed by atoms with Crippen LogP contribution >= 0.6 is 11.6 Å². The van der Waals surface area contributed by atoms with E-state index in [2.05, 4.69) is 15.4 Å². The van der Waals surface area contributed by atoms with Gasteiger partial charge in [-0.2, -0.15) is 18.2 Å². The number of nitrogens with one attached hydrogen (secondary N) is 1. The fourth-order valence-corrected chi connectivity index (χ4v) is 1.03. The van der Waals surface area contributed by atoms with Crippen molar-refractivity contribution in [1.82, 2.24) is 15.0 Å². The molecule has 0 spiro atoms. The van der Waals surface area contributed by atoms with Gasteiger partial charge in [-0.15, -0.1) is 0 Å². The van der Waals surface area contributed by atoms with E-state index in [0.717, 1.165) is 6.07 Å². The first kappa shape index (κ1) is 12.0. The van der Waals surface area contributed by atoms with Crippen LogP contribution in [-0.2, 0) is 6.18 Å². The van der Waals surface area contributed by atoms with Crippen LogP contribution in [0, 0.1) is 0 Å². The second kappa shape index (κ2) is 4.19. The molecule has 1 aromatic rings. The molecule has 0 saturated carbocycles. The smallest absolute Gasteiger partial charge is 0.303 e. The third kappa shape index (κ3) is 3.52. The minimum atomic E-state index is -4.53. The minimum Gasteiger partial charge on any atom is -0.303 e. The van der Waals surface area contributed by atoms with Gasteiger partial charge in [0.1, 0.15) is 5.82 Å². The Labute approximate surface area is 89.0 Å². The fourth-order valence-electron chi connectivity index (χ4n) is 0.849. The Balaban J connectivity index is 3.06. The lowest BCUT2D eigenvalue weighted by molar-refractivity contribution is -0.141. The maximum Gasteiger partial charge on any atom is 0.433 e. The van der Waals surface area contributed by atoms with Gasteiger partial charge in [-0.25, -0.2) is 9.99 Å². The van der Waals surface area contributed by atoms with Gasteiger partial charge in [0.2, 0.25) is 5.28 Å². The van der Waals surface area contributed by atoms with E-state index in [0.29, 0.717) is 0 Å². The number of halogens is 4. The topological polar surface area (TPSA) is 41.0 Å². The number of rotatable bonds is 2. The summed E-state index contributed by atoms with van der Waals surface area (Å²) >= 11 is 5.36. The number of hydrazine groups is 1.